The normalized spacial score (nSPS) is 21.4. The highest BCUT2D eigenvalue weighted by Gasteiger charge is 2.43. The van der Waals surface area contributed by atoms with Gasteiger partial charge < -0.3 is 14.4 Å². The average molecular weight is 438 g/mol. The third-order valence-corrected chi connectivity index (χ3v) is 6.00. The summed E-state index contributed by atoms with van der Waals surface area (Å²) in [7, 11) is 3.07. The van der Waals surface area contributed by atoms with Crippen LogP contribution < -0.4 is 14.4 Å². The first kappa shape index (κ1) is 21.9. The molecule has 2 amide bonds. The van der Waals surface area contributed by atoms with Crippen LogP contribution in [0, 0.1) is 17.7 Å². The predicted molar refractivity (Wildman–Crippen MR) is 120 cm³/mol. The third-order valence-electron chi connectivity index (χ3n) is 6.00. The molecule has 2 heterocycles. The minimum Gasteiger partial charge on any atom is -0.493 e. The Morgan fingerprint density at radius 1 is 0.875 bits per heavy atom. The number of methoxy groups -OCH3 is 2. The van der Waals surface area contributed by atoms with Crippen molar-refractivity contribution >= 4 is 23.1 Å². The van der Waals surface area contributed by atoms with Gasteiger partial charge in [0, 0.05) is 13.1 Å². The van der Waals surface area contributed by atoms with Crippen LogP contribution in [0.25, 0.3) is 5.57 Å². The Hall–Kier alpha value is -3.35. The molecule has 2 aliphatic rings. The first-order valence-corrected chi connectivity index (χ1v) is 10.7. The first-order chi connectivity index (χ1) is 15.3. The summed E-state index contributed by atoms with van der Waals surface area (Å²) >= 11 is 0. The monoisotopic (exact) mass is 438 g/mol. The van der Waals surface area contributed by atoms with Gasteiger partial charge in [-0.1, -0.05) is 19.9 Å². The second-order valence-electron chi connectivity index (χ2n) is 8.57. The van der Waals surface area contributed by atoms with Crippen LogP contribution in [-0.2, 0) is 9.59 Å². The maximum Gasteiger partial charge on any atom is 0.282 e. The first-order valence-electron chi connectivity index (χ1n) is 10.7. The molecule has 2 aliphatic heterocycles. The van der Waals surface area contributed by atoms with Crippen molar-refractivity contribution < 1.29 is 23.5 Å². The molecule has 0 aliphatic carbocycles. The molecule has 0 N–H and O–H groups in total. The molecule has 1 fully saturated rings. The molecule has 6 nitrogen and oxygen atoms in total. The number of carbonyl (C=O) groups excluding carboxylic acids is 2. The molecule has 2 atom stereocenters. The Morgan fingerprint density at radius 3 is 2.09 bits per heavy atom. The Bertz CT molecular complexity index is 1070. The largest absolute Gasteiger partial charge is 0.493 e. The fourth-order valence-electron chi connectivity index (χ4n) is 4.73. The van der Waals surface area contributed by atoms with E-state index in [2.05, 4.69) is 13.8 Å². The van der Waals surface area contributed by atoms with Gasteiger partial charge in [-0.3, -0.25) is 9.59 Å². The lowest BCUT2D eigenvalue weighted by Crippen LogP contribution is -2.42. The second-order valence-corrected chi connectivity index (χ2v) is 8.57. The van der Waals surface area contributed by atoms with Crippen LogP contribution in [0.3, 0.4) is 0 Å². The fourth-order valence-corrected chi connectivity index (χ4v) is 4.73. The van der Waals surface area contributed by atoms with E-state index in [4.69, 9.17) is 9.47 Å². The van der Waals surface area contributed by atoms with Gasteiger partial charge in [0.2, 0.25) is 0 Å². The van der Waals surface area contributed by atoms with E-state index in [0.717, 1.165) is 11.3 Å². The van der Waals surface area contributed by atoms with Gasteiger partial charge in [0.05, 0.1) is 25.5 Å². The van der Waals surface area contributed by atoms with Crippen molar-refractivity contribution in [1.29, 1.82) is 0 Å². The van der Waals surface area contributed by atoms with Gasteiger partial charge in [-0.2, -0.15) is 0 Å². The molecule has 0 saturated carbocycles. The summed E-state index contributed by atoms with van der Waals surface area (Å²) in [6.07, 6.45) is 1.07. The van der Waals surface area contributed by atoms with E-state index in [1.165, 1.54) is 31.4 Å². The second kappa shape index (κ2) is 8.65. The number of imide groups is 1. The number of hydrogen-bond donors (Lipinski definition) is 0. The molecule has 0 spiro atoms. The number of carbonyl (C=O) groups is 2. The van der Waals surface area contributed by atoms with E-state index in [-0.39, 0.29) is 0 Å². The van der Waals surface area contributed by atoms with Crippen molar-refractivity contribution in [3.63, 3.8) is 0 Å². The zero-order valence-corrected chi connectivity index (χ0v) is 18.7. The summed E-state index contributed by atoms with van der Waals surface area (Å²) in [5, 5.41) is 0. The van der Waals surface area contributed by atoms with E-state index >= 15 is 0 Å². The minimum absolute atomic E-state index is 0.321. The Morgan fingerprint density at radius 2 is 1.50 bits per heavy atom. The third kappa shape index (κ3) is 3.83. The van der Waals surface area contributed by atoms with Gasteiger partial charge in [-0.05, 0) is 60.2 Å². The quantitative estimate of drug-likeness (QED) is 0.658. The molecule has 7 heteroatoms. The molecule has 2 aromatic carbocycles. The van der Waals surface area contributed by atoms with Crippen LogP contribution in [-0.4, -0.2) is 44.0 Å². The minimum atomic E-state index is -0.435. The number of likely N-dealkylation sites (tertiary alicyclic amines) is 1. The Labute approximate surface area is 187 Å². The molecular formula is C25H27FN2O4. The smallest absolute Gasteiger partial charge is 0.282 e. The molecule has 2 aromatic rings. The van der Waals surface area contributed by atoms with E-state index in [1.807, 2.05) is 4.90 Å². The van der Waals surface area contributed by atoms with Gasteiger partial charge in [0.1, 0.15) is 11.5 Å². The highest BCUT2D eigenvalue weighted by atomic mass is 19.1. The van der Waals surface area contributed by atoms with Crippen molar-refractivity contribution in [2.24, 2.45) is 11.8 Å². The van der Waals surface area contributed by atoms with E-state index in [1.54, 1.807) is 25.3 Å². The summed E-state index contributed by atoms with van der Waals surface area (Å²) < 4.78 is 24.2. The highest BCUT2D eigenvalue weighted by Crippen LogP contribution is 2.39. The molecule has 0 bridgehead atoms. The molecular weight excluding hydrogens is 411 g/mol. The van der Waals surface area contributed by atoms with Gasteiger partial charge >= 0.3 is 0 Å². The lowest BCUT2D eigenvalue weighted by molar-refractivity contribution is -0.120. The van der Waals surface area contributed by atoms with Crippen molar-refractivity contribution in [2.75, 3.05) is 32.2 Å². The van der Waals surface area contributed by atoms with Gasteiger partial charge in [-0.15, -0.1) is 0 Å². The molecule has 32 heavy (non-hydrogen) atoms. The maximum absolute atomic E-state index is 13.6. The molecule has 0 radical (unpaired) electrons. The van der Waals surface area contributed by atoms with Gasteiger partial charge in [0.25, 0.3) is 11.8 Å². The van der Waals surface area contributed by atoms with Crippen LogP contribution in [0.5, 0.6) is 11.5 Å². The summed E-state index contributed by atoms with van der Waals surface area (Å²) in [5.41, 5.74) is 1.62. The average Bonchev–Trinajstić information content (AvgIpc) is 3.03. The molecule has 168 valence electrons. The van der Waals surface area contributed by atoms with Crippen molar-refractivity contribution in [3.05, 3.63) is 59.5 Å². The standard InChI is InChI=1S/C25H27FN2O4/c1-15-11-16(2)14-27(13-15)23-22(17-5-10-20(31-3)21(12-17)32-4)24(29)28(25(23)30)19-8-6-18(26)7-9-19/h5-10,12,15-16H,11,13-14H2,1-4H3. The predicted octanol–water partition coefficient (Wildman–Crippen LogP) is 4.11. The molecule has 4 rings (SSSR count). The number of halogens is 1. The number of piperidine rings is 1. The number of nitrogens with zero attached hydrogens (tertiary/aromatic N) is 2. The van der Waals surface area contributed by atoms with Crippen LogP contribution in [0.2, 0.25) is 0 Å². The number of anilines is 1. The Kier molecular flexibility index (Phi) is 5.91. The number of ether oxygens (including phenoxy) is 2. The van der Waals surface area contributed by atoms with Crippen LogP contribution in [0.4, 0.5) is 10.1 Å². The molecule has 1 saturated heterocycles. The maximum atomic E-state index is 13.6. The van der Waals surface area contributed by atoms with E-state index in [9.17, 15) is 14.0 Å². The van der Waals surface area contributed by atoms with Crippen molar-refractivity contribution in [1.82, 2.24) is 4.90 Å². The number of hydrogen-bond acceptors (Lipinski definition) is 5. The SMILES string of the molecule is COc1ccc(C2=C(N3CC(C)CC(C)C3)C(=O)N(c3ccc(F)cc3)C2=O)cc1OC. The van der Waals surface area contributed by atoms with Gasteiger partial charge in [-0.25, -0.2) is 9.29 Å². The lowest BCUT2D eigenvalue weighted by Gasteiger charge is -2.37. The van der Waals surface area contributed by atoms with Crippen LogP contribution in [0.15, 0.2) is 48.2 Å². The topological polar surface area (TPSA) is 59.1 Å². The zero-order valence-electron chi connectivity index (χ0n) is 18.7. The molecule has 0 aromatic heterocycles. The van der Waals surface area contributed by atoms with E-state index in [0.29, 0.717) is 58.9 Å². The summed E-state index contributed by atoms with van der Waals surface area (Å²) in [6.45, 7) is 5.68. The summed E-state index contributed by atoms with van der Waals surface area (Å²) in [4.78, 5) is 30.4. The Balaban J connectivity index is 1.86. The van der Waals surface area contributed by atoms with Crippen molar-refractivity contribution in [2.45, 2.75) is 20.3 Å². The highest BCUT2D eigenvalue weighted by molar-refractivity contribution is 6.45. The zero-order chi connectivity index (χ0) is 23.0. The van der Waals surface area contributed by atoms with Crippen LogP contribution >= 0.6 is 0 Å². The summed E-state index contributed by atoms with van der Waals surface area (Å²) in [6, 6.07) is 10.6. The number of rotatable bonds is 5. The number of benzene rings is 2. The van der Waals surface area contributed by atoms with Crippen LogP contribution in [0.1, 0.15) is 25.8 Å². The van der Waals surface area contributed by atoms with E-state index < -0.39 is 17.6 Å². The van der Waals surface area contributed by atoms with Crippen molar-refractivity contribution in [3.8, 4) is 11.5 Å². The molecule has 2 unspecified atom stereocenters. The summed E-state index contributed by atoms with van der Waals surface area (Å²) in [5.74, 6) is 0.520. The fraction of sp³-hybridized carbons (Fsp3) is 0.360. The lowest BCUT2D eigenvalue weighted by atomic mass is 9.91. The number of amides is 2. The van der Waals surface area contributed by atoms with Gasteiger partial charge in [0.15, 0.2) is 11.5 Å².